The fourth-order valence-corrected chi connectivity index (χ4v) is 2.93. The molecule has 1 heterocycles. The lowest BCUT2D eigenvalue weighted by molar-refractivity contribution is 0.100. The molecule has 0 bridgehead atoms. The van der Waals surface area contributed by atoms with Crippen LogP contribution in [0.1, 0.15) is 36.0 Å². The predicted molar refractivity (Wildman–Crippen MR) is 84.1 cm³/mol. The summed E-state index contributed by atoms with van der Waals surface area (Å²) in [6.07, 6.45) is 4.10. The molecule has 1 aliphatic carbocycles. The van der Waals surface area contributed by atoms with Gasteiger partial charge in [0.1, 0.15) is 5.82 Å². The average Bonchev–Trinajstić information content (AvgIpc) is 2.48. The number of aromatic nitrogens is 1. The van der Waals surface area contributed by atoms with Gasteiger partial charge in [-0.1, -0.05) is 18.2 Å². The third kappa shape index (κ3) is 2.97. The van der Waals surface area contributed by atoms with Crippen molar-refractivity contribution in [3.63, 3.8) is 0 Å². The van der Waals surface area contributed by atoms with Crippen molar-refractivity contribution in [1.82, 2.24) is 4.98 Å². The van der Waals surface area contributed by atoms with Crippen molar-refractivity contribution in [2.45, 2.75) is 37.8 Å². The number of carbonyl (C=O) groups is 1. The molecule has 21 heavy (non-hydrogen) atoms. The van der Waals surface area contributed by atoms with Gasteiger partial charge in [0.25, 0.3) is 0 Å². The number of benzene rings is 1. The number of nitrogens with two attached hydrogens (primary N) is 2. The molecule has 1 amide bonds. The zero-order valence-corrected chi connectivity index (χ0v) is 11.9. The Morgan fingerprint density at radius 1 is 1.19 bits per heavy atom. The highest BCUT2D eigenvalue weighted by atomic mass is 16.1. The molecule has 0 unspecified atom stereocenters. The van der Waals surface area contributed by atoms with Crippen LogP contribution in [0.4, 0.5) is 5.82 Å². The van der Waals surface area contributed by atoms with Crippen LogP contribution in [0.5, 0.6) is 0 Å². The van der Waals surface area contributed by atoms with Crippen LogP contribution in [0.3, 0.4) is 0 Å². The van der Waals surface area contributed by atoms with E-state index in [0.717, 1.165) is 36.6 Å². The van der Waals surface area contributed by atoms with Crippen LogP contribution in [0, 0.1) is 0 Å². The number of nitrogens with one attached hydrogen (secondary N) is 1. The molecule has 0 spiro atoms. The number of hydrogen-bond acceptors (Lipinski definition) is 4. The summed E-state index contributed by atoms with van der Waals surface area (Å²) in [4.78, 5) is 16.2. The van der Waals surface area contributed by atoms with Gasteiger partial charge in [0.05, 0.1) is 11.1 Å². The number of carbonyl (C=O) groups excluding carboxylic acids is 1. The first-order chi connectivity index (χ1) is 10.1. The molecular weight excluding hydrogens is 264 g/mol. The lowest BCUT2D eigenvalue weighted by Gasteiger charge is -2.27. The zero-order valence-electron chi connectivity index (χ0n) is 11.9. The second-order valence-corrected chi connectivity index (χ2v) is 5.69. The number of anilines is 1. The SMILES string of the molecule is NC(=O)c1cc(NC2CCC(N)CC2)nc2ccccc12. The van der Waals surface area contributed by atoms with Crippen molar-refractivity contribution in [2.24, 2.45) is 11.5 Å². The molecule has 0 atom stereocenters. The minimum atomic E-state index is -0.428. The topological polar surface area (TPSA) is 94.0 Å². The van der Waals surface area contributed by atoms with Gasteiger partial charge in [-0.2, -0.15) is 0 Å². The molecule has 1 fully saturated rings. The van der Waals surface area contributed by atoms with Gasteiger partial charge in [-0.15, -0.1) is 0 Å². The highest BCUT2D eigenvalue weighted by molar-refractivity contribution is 6.06. The number of pyridine rings is 1. The van der Waals surface area contributed by atoms with Crippen molar-refractivity contribution in [2.75, 3.05) is 5.32 Å². The lowest BCUT2D eigenvalue weighted by atomic mass is 9.92. The van der Waals surface area contributed by atoms with Crippen LogP contribution in [0.25, 0.3) is 10.9 Å². The van der Waals surface area contributed by atoms with E-state index in [0.29, 0.717) is 23.5 Å². The summed E-state index contributed by atoms with van der Waals surface area (Å²) >= 11 is 0. The Bertz CT molecular complexity index is 662. The van der Waals surface area contributed by atoms with Crippen molar-refractivity contribution in [1.29, 1.82) is 0 Å². The molecule has 5 N–H and O–H groups in total. The molecule has 5 nitrogen and oxygen atoms in total. The molecule has 0 radical (unpaired) electrons. The van der Waals surface area contributed by atoms with E-state index in [4.69, 9.17) is 11.5 Å². The minimum Gasteiger partial charge on any atom is -0.367 e. The quantitative estimate of drug-likeness (QED) is 0.803. The first kappa shape index (κ1) is 13.8. The summed E-state index contributed by atoms with van der Waals surface area (Å²) in [6, 6.07) is 9.97. The van der Waals surface area contributed by atoms with Crippen LogP contribution < -0.4 is 16.8 Å². The maximum atomic E-state index is 11.7. The average molecular weight is 284 g/mol. The van der Waals surface area contributed by atoms with Crippen LogP contribution in [-0.2, 0) is 0 Å². The summed E-state index contributed by atoms with van der Waals surface area (Å²) < 4.78 is 0. The van der Waals surface area contributed by atoms with E-state index in [1.54, 1.807) is 6.07 Å². The largest absolute Gasteiger partial charge is 0.367 e. The fourth-order valence-electron chi connectivity index (χ4n) is 2.93. The maximum absolute atomic E-state index is 11.7. The Morgan fingerprint density at radius 2 is 1.90 bits per heavy atom. The van der Waals surface area contributed by atoms with Gasteiger partial charge in [0.2, 0.25) is 5.91 Å². The normalized spacial score (nSPS) is 22.1. The second kappa shape index (κ2) is 5.69. The van der Waals surface area contributed by atoms with Crippen molar-refractivity contribution in [3.8, 4) is 0 Å². The minimum absolute atomic E-state index is 0.314. The number of amides is 1. The third-order valence-electron chi connectivity index (χ3n) is 4.11. The second-order valence-electron chi connectivity index (χ2n) is 5.69. The van der Waals surface area contributed by atoms with E-state index in [2.05, 4.69) is 10.3 Å². The molecular formula is C16H20N4O. The number of rotatable bonds is 3. The Hall–Kier alpha value is -2.14. The number of nitrogens with zero attached hydrogens (tertiary/aromatic N) is 1. The molecule has 5 heteroatoms. The van der Waals surface area contributed by atoms with Crippen LogP contribution in [0.2, 0.25) is 0 Å². The first-order valence-electron chi connectivity index (χ1n) is 7.35. The molecule has 1 aromatic carbocycles. The fraction of sp³-hybridized carbons (Fsp3) is 0.375. The van der Waals surface area contributed by atoms with E-state index in [-0.39, 0.29) is 0 Å². The molecule has 0 aliphatic heterocycles. The molecule has 1 aliphatic rings. The zero-order chi connectivity index (χ0) is 14.8. The third-order valence-corrected chi connectivity index (χ3v) is 4.11. The van der Waals surface area contributed by atoms with Crippen molar-refractivity contribution < 1.29 is 4.79 Å². The summed E-state index contributed by atoms with van der Waals surface area (Å²) in [6.45, 7) is 0. The number of fused-ring (bicyclic) bond motifs is 1. The molecule has 2 aromatic rings. The van der Waals surface area contributed by atoms with Gasteiger partial charge in [-0.25, -0.2) is 4.98 Å². The van der Waals surface area contributed by atoms with Crippen LogP contribution in [0.15, 0.2) is 30.3 Å². The standard InChI is InChI=1S/C16H20N4O/c17-10-5-7-11(8-6-10)19-15-9-13(16(18)21)12-3-1-2-4-14(12)20-15/h1-4,9-11H,5-8,17H2,(H2,18,21)(H,19,20). The molecule has 0 saturated heterocycles. The van der Waals surface area contributed by atoms with Gasteiger partial charge in [-0.3, -0.25) is 4.79 Å². The Labute approximate surface area is 123 Å². The molecule has 3 rings (SSSR count). The summed E-state index contributed by atoms with van der Waals surface area (Å²) in [5.41, 5.74) is 12.7. The highest BCUT2D eigenvalue weighted by Gasteiger charge is 2.19. The first-order valence-corrected chi connectivity index (χ1v) is 7.35. The summed E-state index contributed by atoms with van der Waals surface area (Å²) in [7, 11) is 0. The number of hydrogen-bond donors (Lipinski definition) is 3. The Morgan fingerprint density at radius 3 is 2.62 bits per heavy atom. The lowest BCUT2D eigenvalue weighted by Crippen LogP contribution is -2.33. The summed E-state index contributed by atoms with van der Waals surface area (Å²) in [5, 5.41) is 4.21. The van der Waals surface area contributed by atoms with E-state index < -0.39 is 5.91 Å². The molecule has 110 valence electrons. The van der Waals surface area contributed by atoms with Crippen molar-refractivity contribution >= 4 is 22.6 Å². The monoisotopic (exact) mass is 284 g/mol. The number of para-hydroxylation sites is 1. The van der Waals surface area contributed by atoms with Crippen LogP contribution in [-0.4, -0.2) is 23.0 Å². The van der Waals surface area contributed by atoms with Gasteiger partial charge in [0.15, 0.2) is 0 Å². The maximum Gasteiger partial charge on any atom is 0.249 e. The number of primary amides is 1. The Balaban J connectivity index is 1.90. The van der Waals surface area contributed by atoms with E-state index in [1.165, 1.54) is 0 Å². The Kier molecular flexibility index (Phi) is 3.75. The predicted octanol–water partition coefficient (Wildman–Crippen LogP) is 2.02. The van der Waals surface area contributed by atoms with Gasteiger partial charge in [-0.05, 0) is 37.8 Å². The molecule has 1 saturated carbocycles. The van der Waals surface area contributed by atoms with Crippen LogP contribution >= 0.6 is 0 Å². The van der Waals surface area contributed by atoms with Crippen molar-refractivity contribution in [3.05, 3.63) is 35.9 Å². The van der Waals surface area contributed by atoms with Gasteiger partial charge < -0.3 is 16.8 Å². The van der Waals surface area contributed by atoms with E-state index >= 15 is 0 Å². The van der Waals surface area contributed by atoms with E-state index in [1.807, 2.05) is 24.3 Å². The summed E-state index contributed by atoms with van der Waals surface area (Å²) in [5.74, 6) is 0.283. The van der Waals surface area contributed by atoms with Gasteiger partial charge >= 0.3 is 0 Å². The molecule has 1 aromatic heterocycles. The van der Waals surface area contributed by atoms with Gasteiger partial charge in [0, 0.05) is 17.5 Å². The highest BCUT2D eigenvalue weighted by Crippen LogP contribution is 2.24. The smallest absolute Gasteiger partial charge is 0.249 e. The van der Waals surface area contributed by atoms with E-state index in [9.17, 15) is 4.79 Å².